The summed E-state index contributed by atoms with van der Waals surface area (Å²) in [6.07, 6.45) is 3.99. The molecule has 0 amide bonds. The molecule has 18 heavy (non-hydrogen) atoms. The van der Waals surface area contributed by atoms with Crippen LogP contribution >= 0.6 is 0 Å². The Morgan fingerprint density at radius 1 is 1.22 bits per heavy atom. The van der Waals surface area contributed by atoms with Gasteiger partial charge in [0.05, 0.1) is 0 Å². The molecule has 0 saturated carbocycles. The van der Waals surface area contributed by atoms with Gasteiger partial charge in [0.1, 0.15) is 0 Å². The summed E-state index contributed by atoms with van der Waals surface area (Å²) in [4.78, 5) is 4.90. The zero-order chi connectivity index (χ0) is 12.8. The minimum absolute atomic E-state index is 0.618. The third-order valence-electron chi connectivity index (χ3n) is 3.79. The molecule has 0 atom stereocenters. The highest BCUT2D eigenvalue weighted by molar-refractivity contribution is 5.52. The molecule has 0 radical (unpaired) electrons. The van der Waals surface area contributed by atoms with Gasteiger partial charge in [0.2, 0.25) is 0 Å². The van der Waals surface area contributed by atoms with Gasteiger partial charge < -0.3 is 15.5 Å². The van der Waals surface area contributed by atoms with Crippen molar-refractivity contribution in [3.05, 3.63) is 29.8 Å². The van der Waals surface area contributed by atoms with Gasteiger partial charge in [-0.05, 0) is 50.5 Å². The second-order valence-corrected chi connectivity index (χ2v) is 5.16. The molecular weight excluding hydrogens is 222 g/mol. The zero-order valence-electron chi connectivity index (χ0n) is 11.4. The molecule has 1 fully saturated rings. The van der Waals surface area contributed by atoms with Crippen LogP contribution in [0.3, 0.4) is 0 Å². The summed E-state index contributed by atoms with van der Waals surface area (Å²) in [5, 5.41) is 0. The second-order valence-electron chi connectivity index (χ2n) is 5.16. The summed E-state index contributed by atoms with van der Waals surface area (Å²) >= 11 is 0. The SMILES string of the molecule is CN(CCCN1CCCC1)c1ccccc1CN. The van der Waals surface area contributed by atoms with Gasteiger partial charge in [-0.15, -0.1) is 0 Å². The quantitative estimate of drug-likeness (QED) is 0.835. The van der Waals surface area contributed by atoms with Gasteiger partial charge in [0.15, 0.2) is 0 Å². The topological polar surface area (TPSA) is 32.5 Å². The number of nitrogens with two attached hydrogens (primary N) is 1. The van der Waals surface area contributed by atoms with Crippen molar-refractivity contribution >= 4 is 5.69 Å². The van der Waals surface area contributed by atoms with Crippen LogP contribution in [0.2, 0.25) is 0 Å². The first-order chi connectivity index (χ1) is 8.81. The summed E-state index contributed by atoms with van der Waals surface area (Å²) in [7, 11) is 2.17. The molecule has 3 heteroatoms. The minimum atomic E-state index is 0.618. The molecule has 3 nitrogen and oxygen atoms in total. The Morgan fingerprint density at radius 2 is 1.94 bits per heavy atom. The maximum absolute atomic E-state index is 5.78. The Labute approximate surface area is 111 Å². The molecule has 0 aromatic heterocycles. The Bertz CT molecular complexity index is 359. The molecule has 0 spiro atoms. The lowest BCUT2D eigenvalue weighted by molar-refractivity contribution is 0.335. The fourth-order valence-electron chi connectivity index (χ4n) is 2.71. The van der Waals surface area contributed by atoms with E-state index in [2.05, 4.69) is 41.1 Å². The molecule has 1 saturated heterocycles. The largest absolute Gasteiger partial charge is 0.374 e. The van der Waals surface area contributed by atoms with E-state index in [9.17, 15) is 0 Å². The van der Waals surface area contributed by atoms with Gasteiger partial charge in [-0.25, -0.2) is 0 Å². The molecule has 0 bridgehead atoms. The van der Waals surface area contributed by atoms with E-state index in [0.717, 1.165) is 6.54 Å². The van der Waals surface area contributed by atoms with Gasteiger partial charge in [-0.1, -0.05) is 18.2 Å². The van der Waals surface area contributed by atoms with Gasteiger partial charge in [0.25, 0.3) is 0 Å². The van der Waals surface area contributed by atoms with Crippen LogP contribution < -0.4 is 10.6 Å². The molecular formula is C15H25N3. The molecule has 1 aromatic rings. The normalized spacial score (nSPS) is 16.1. The summed E-state index contributed by atoms with van der Waals surface area (Å²) in [6, 6.07) is 8.43. The zero-order valence-corrected chi connectivity index (χ0v) is 11.4. The Balaban J connectivity index is 1.81. The lowest BCUT2D eigenvalue weighted by Gasteiger charge is -2.23. The number of para-hydroxylation sites is 1. The molecule has 1 heterocycles. The third-order valence-corrected chi connectivity index (χ3v) is 3.79. The number of hydrogen-bond acceptors (Lipinski definition) is 3. The van der Waals surface area contributed by atoms with E-state index in [1.807, 2.05) is 0 Å². The van der Waals surface area contributed by atoms with Gasteiger partial charge in [-0.3, -0.25) is 0 Å². The van der Waals surface area contributed by atoms with Crippen molar-refractivity contribution in [2.45, 2.75) is 25.8 Å². The van der Waals surface area contributed by atoms with Crippen LogP contribution in [-0.2, 0) is 6.54 Å². The Hall–Kier alpha value is -1.06. The molecule has 1 aliphatic rings. The van der Waals surface area contributed by atoms with Crippen LogP contribution in [0.15, 0.2) is 24.3 Å². The van der Waals surface area contributed by atoms with Crippen molar-refractivity contribution in [3.8, 4) is 0 Å². The second kappa shape index (κ2) is 6.76. The van der Waals surface area contributed by atoms with E-state index >= 15 is 0 Å². The fourth-order valence-corrected chi connectivity index (χ4v) is 2.71. The first-order valence-corrected chi connectivity index (χ1v) is 7.02. The third kappa shape index (κ3) is 3.47. The Kier molecular flexibility index (Phi) is 5.02. The van der Waals surface area contributed by atoms with E-state index in [0.29, 0.717) is 6.54 Å². The summed E-state index contributed by atoms with van der Waals surface area (Å²) in [5.41, 5.74) is 8.30. The van der Waals surface area contributed by atoms with Crippen LogP contribution in [0.5, 0.6) is 0 Å². The molecule has 0 unspecified atom stereocenters. The smallest absolute Gasteiger partial charge is 0.0409 e. The van der Waals surface area contributed by atoms with Crippen molar-refractivity contribution in [2.24, 2.45) is 5.73 Å². The summed E-state index contributed by atoms with van der Waals surface area (Å²) < 4.78 is 0. The highest BCUT2D eigenvalue weighted by Crippen LogP contribution is 2.18. The lowest BCUT2D eigenvalue weighted by Crippen LogP contribution is -2.26. The maximum atomic E-state index is 5.78. The Morgan fingerprint density at radius 3 is 2.67 bits per heavy atom. The van der Waals surface area contributed by atoms with Gasteiger partial charge in [-0.2, -0.15) is 0 Å². The van der Waals surface area contributed by atoms with Crippen molar-refractivity contribution in [1.82, 2.24) is 4.90 Å². The van der Waals surface area contributed by atoms with Crippen molar-refractivity contribution in [2.75, 3.05) is 38.1 Å². The standard InChI is InChI=1S/C15H25N3/c1-17(9-6-12-18-10-4-5-11-18)15-8-3-2-7-14(15)13-16/h2-3,7-8H,4-6,9-13,16H2,1H3. The van der Waals surface area contributed by atoms with Crippen LogP contribution in [0, 0.1) is 0 Å². The van der Waals surface area contributed by atoms with E-state index in [1.165, 1.54) is 50.1 Å². The number of hydrogen-bond donors (Lipinski definition) is 1. The predicted molar refractivity (Wildman–Crippen MR) is 77.9 cm³/mol. The van der Waals surface area contributed by atoms with Crippen LogP contribution in [0.1, 0.15) is 24.8 Å². The summed E-state index contributed by atoms with van der Waals surface area (Å²) in [6.45, 7) is 5.54. The average Bonchev–Trinajstić information content (AvgIpc) is 2.91. The lowest BCUT2D eigenvalue weighted by atomic mass is 10.1. The molecule has 2 rings (SSSR count). The van der Waals surface area contributed by atoms with Crippen LogP contribution in [0.25, 0.3) is 0 Å². The first kappa shape index (κ1) is 13.4. The number of nitrogens with zero attached hydrogens (tertiary/aromatic N) is 2. The van der Waals surface area contributed by atoms with E-state index in [4.69, 9.17) is 5.73 Å². The molecule has 1 aliphatic heterocycles. The highest BCUT2D eigenvalue weighted by atomic mass is 15.1. The predicted octanol–water partition coefficient (Wildman–Crippen LogP) is 2.07. The molecule has 1 aromatic carbocycles. The van der Waals surface area contributed by atoms with Crippen LogP contribution in [-0.4, -0.2) is 38.1 Å². The van der Waals surface area contributed by atoms with Crippen LogP contribution in [0.4, 0.5) is 5.69 Å². The number of benzene rings is 1. The van der Waals surface area contributed by atoms with E-state index in [1.54, 1.807) is 0 Å². The minimum Gasteiger partial charge on any atom is -0.374 e. The molecule has 100 valence electrons. The monoisotopic (exact) mass is 247 g/mol. The number of rotatable bonds is 6. The van der Waals surface area contributed by atoms with Crippen molar-refractivity contribution < 1.29 is 0 Å². The first-order valence-electron chi connectivity index (χ1n) is 7.02. The van der Waals surface area contributed by atoms with E-state index in [-0.39, 0.29) is 0 Å². The molecule has 2 N–H and O–H groups in total. The fraction of sp³-hybridized carbons (Fsp3) is 0.600. The highest BCUT2D eigenvalue weighted by Gasteiger charge is 2.11. The van der Waals surface area contributed by atoms with Crippen molar-refractivity contribution in [1.29, 1.82) is 0 Å². The molecule has 0 aliphatic carbocycles. The summed E-state index contributed by atoms with van der Waals surface area (Å²) in [5.74, 6) is 0. The van der Waals surface area contributed by atoms with Crippen molar-refractivity contribution in [3.63, 3.8) is 0 Å². The van der Waals surface area contributed by atoms with E-state index < -0.39 is 0 Å². The van der Waals surface area contributed by atoms with Gasteiger partial charge >= 0.3 is 0 Å². The maximum Gasteiger partial charge on any atom is 0.0409 e. The van der Waals surface area contributed by atoms with Gasteiger partial charge in [0, 0.05) is 25.8 Å². The average molecular weight is 247 g/mol. The number of anilines is 1. The number of likely N-dealkylation sites (tertiary alicyclic amines) is 1.